The summed E-state index contributed by atoms with van der Waals surface area (Å²) in [6.07, 6.45) is 0. The zero-order valence-corrected chi connectivity index (χ0v) is 13.6. The van der Waals surface area contributed by atoms with Crippen molar-refractivity contribution in [2.75, 3.05) is 20.1 Å². The molecule has 118 valence electrons. The molecule has 1 aliphatic rings. The van der Waals surface area contributed by atoms with E-state index in [1.807, 2.05) is 0 Å². The molecule has 1 N–H and O–H groups in total. The molecule has 1 aromatic rings. The van der Waals surface area contributed by atoms with Crippen LogP contribution in [0.1, 0.15) is 11.1 Å². The molecule has 0 aromatic heterocycles. The van der Waals surface area contributed by atoms with Crippen molar-refractivity contribution in [2.24, 2.45) is 0 Å². The second-order valence-corrected chi connectivity index (χ2v) is 6.96. The first-order valence-electron chi connectivity index (χ1n) is 6.19. The van der Waals surface area contributed by atoms with E-state index in [1.165, 1.54) is 23.5 Å². The van der Waals surface area contributed by atoms with E-state index >= 15 is 0 Å². The Hall–Kier alpha value is -1.22. The van der Waals surface area contributed by atoms with Crippen molar-refractivity contribution in [3.63, 3.8) is 0 Å². The Morgan fingerprint density at radius 3 is 2.24 bits per heavy atom. The zero-order chi connectivity index (χ0) is 15.1. The highest BCUT2D eigenvalue weighted by Gasteiger charge is 2.36. The third-order valence-electron chi connectivity index (χ3n) is 3.70. The molecule has 1 heterocycles. The fourth-order valence-corrected chi connectivity index (χ4v) is 3.58. The minimum atomic E-state index is -3.86. The van der Waals surface area contributed by atoms with Crippen LogP contribution in [-0.4, -0.2) is 43.8 Å². The molecule has 0 saturated carbocycles. The number of likely N-dealkylation sites (N-methyl/N-ethyl adjacent to an activating group) is 1. The van der Waals surface area contributed by atoms with Gasteiger partial charge in [0, 0.05) is 32.2 Å². The molecule has 0 unspecified atom stereocenters. The minimum absolute atomic E-state index is 0. The van der Waals surface area contributed by atoms with Crippen LogP contribution < -0.4 is 5.32 Å². The second kappa shape index (κ2) is 6.27. The van der Waals surface area contributed by atoms with Crippen molar-refractivity contribution < 1.29 is 13.3 Å². The largest absolute Gasteiger partial charge is 0.313 e. The summed E-state index contributed by atoms with van der Waals surface area (Å²) in [5.41, 5.74) is 1.05. The smallest absolute Gasteiger partial charge is 0.289 e. The summed E-state index contributed by atoms with van der Waals surface area (Å²) in [6, 6.07) is 2.54. The lowest BCUT2D eigenvalue weighted by Crippen LogP contribution is -2.57. The van der Waals surface area contributed by atoms with Gasteiger partial charge in [0.05, 0.1) is 4.92 Å². The lowest BCUT2D eigenvalue weighted by atomic mass is 10.1. The SMILES string of the molecule is Cc1cc([N+](=O)[O-])c(S(=O)(=O)N(C)C2CNC2)cc1C.Cl. The summed E-state index contributed by atoms with van der Waals surface area (Å²) < 4.78 is 26.3. The Balaban J connectivity index is 0.00000220. The van der Waals surface area contributed by atoms with Crippen LogP contribution in [0.5, 0.6) is 0 Å². The van der Waals surface area contributed by atoms with Crippen LogP contribution >= 0.6 is 12.4 Å². The summed E-state index contributed by atoms with van der Waals surface area (Å²) >= 11 is 0. The molecule has 1 fully saturated rings. The molecule has 21 heavy (non-hydrogen) atoms. The maximum absolute atomic E-state index is 12.5. The molecule has 0 aliphatic carbocycles. The highest BCUT2D eigenvalue weighted by atomic mass is 35.5. The lowest BCUT2D eigenvalue weighted by molar-refractivity contribution is -0.387. The highest BCUT2D eigenvalue weighted by molar-refractivity contribution is 7.89. The van der Waals surface area contributed by atoms with Crippen LogP contribution in [0.2, 0.25) is 0 Å². The fraction of sp³-hybridized carbons (Fsp3) is 0.500. The van der Waals surface area contributed by atoms with Crippen LogP contribution in [0.25, 0.3) is 0 Å². The van der Waals surface area contributed by atoms with Gasteiger partial charge in [0.25, 0.3) is 5.69 Å². The number of halogens is 1. The lowest BCUT2D eigenvalue weighted by Gasteiger charge is -2.34. The number of hydrogen-bond acceptors (Lipinski definition) is 5. The van der Waals surface area contributed by atoms with Gasteiger partial charge < -0.3 is 5.32 Å². The molecular weight excluding hydrogens is 318 g/mol. The molecule has 0 bridgehead atoms. The summed E-state index contributed by atoms with van der Waals surface area (Å²) in [5.74, 6) is 0. The van der Waals surface area contributed by atoms with Crippen LogP contribution in [-0.2, 0) is 10.0 Å². The predicted octanol–water partition coefficient (Wildman–Crippen LogP) is 1.23. The van der Waals surface area contributed by atoms with Gasteiger partial charge in [0.1, 0.15) is 0 Å². The van der Waals surface area contributed by atoms with Crippen molar-refractivity contribution in [3.8, 4) is 0 Å². The van der Waals surface area contributed by atoms with E-state index in [-0.39, 0.29) is 29.0 Å². The molecular formula is C12H18ClN3O4S. The Labute approximate surface area is 129 Å². The number of hydrogen-bond donors (Lipinski definition) is 1. The molecule has 0 spiro atoms. The fourth-order valence-electron chi connectivity index (χ4n) is 2.01. The van der Waals surface area contributed by atoms with E-state index in [4.69, 9.17) is 0 Å². The minimum Gasteiger partial charge on any atom is -0.313 e. The molecule has 1 aromatic carbocycles. The number of aryl methyl sites for hydroxylation is 2. The maximum Gasteiger partial charge on any atom is 0.289 e. The Morgan fingerprint density at radius 1 is 1.29 bits per heavy atom. The highest BCUT2D eigenvalue weighted by Crippen LogP contribution is 2.30. The van der Waals surface area contributed by atoms with E-state index < -0.39 is 14.9 Å². The van der Waals surface area contributed by atoms with E-state index in [0.717, 1.165) is 0 Å². The average Bonchev–Trinajstić information content (AvgIpc) is 2.29. The summed E-state index contributed by atoms with van der Waals surface area (Å²) in [5, 5.41) is 14.1. The second-order valence-electron chi connectivity index (χ2n) is 4.99. The molecule has 0 atom stereocenters. The number of nitro benzene ring substituents is 1. The molecule has 0 radical (unpaired) electrons. The number of nitrogens with one attached hydrogen (secondary N) is 1. The van der Waals surface area contributed by atoms with Crippen molar-refractivity contribution >= 4 is 28.1 Å². The van der Waals surface area contributed by atoms with Crippen molar-refractivity contribution in [1.82, 2.24) is 9.62 Å². The Bertz CT molecular complexity index is 659. The van der Waals surface area contributed by atoms with Gasteiger partial charge in [-0.3, -0.25) is 10.1 Å². The van der Waals surface area contributed by atoms with Gasteiger partial charge in [-0.05, 0) is 31.0 Å². The number of nitro groups is 1. The van der Waals surface area contributed by atoms with Crippen LogP contribution in [0.15, 0.2) is 17.0 Å². The third kappa shape index (κ3) is 3.18. The number of sulfonamides is 1. The van der Waals surface area contributed by atoms with Crippen molar-refractivity contribution in [3.05, 3.63) is 33.4 Å². The van der Waals surface area contributed by atoms with Gasteiger partial charge in [0.2, 0.25) is 10.0 Å². The van der Waals surface area contributed by atoms with Gasteiger partial charge in [-0.15, -0.1) is 12.4 Å². The van der Waals surface area contributed by atoms with E-state index in [0.29, 0.717) is 24.2 Å². The van der Waals surface area contributed by atoms with Crippen LogP contribution in [0.4, 0.5) is 5.69 Å². The van der Waals surface area contributed by atoms with E-state index in [1.54, 1.807) is 13.8 Å². The topological polar surface area (TPSA) is 92.5 Å². The molecule has 1 aliphatic heterocycles. The van der Waals surface area contributed by atoms with Gasteiger partial charge in [-0.25, -0.2) is 8.42 Å². The molecule has 9 heteroatoms. The molecule has 7 nitrogen and oxygen atoms in total. The van der Waals surface area contributed by atoms with Crippen molar-refractivity contribution in [1.29, 1.82) is 0 Å². The quantitative estimate of drug-likeness (QED) is 0.660. The van der Waals surface area contributed by atoms with Gasteiger partial charge in [0.15, 0.2) is 4.90 Å². The summed E-state index contributed by atoms with van der Waals surface area (Å²) in [7, 11) is -2.40. The van der Waals surface area contributed by atoms with Crippen LogP contribution in [0, 0.1) is 24.0 Å². The monoisotopic (exact) mass is 335 g/mol. The Morgan fingerprint density at radius 2 is 1.81 bits per heavy atom. The van der Waals surface area contributed by atoms with Gasteiger partial charge in [-0.1, -0.05) is 0 Å². The van der Waals surface area contributed by atoms with E-state index in [9.17, 15) is 18.5 Å². The molecule has 1 saturated heterocycles. The number of rotatable bonds is 4. The van der Waals surface area contributed by atoms with Gasteiger partial charge in [-0.2, -0.15) is 4.31 Å². The number of nitrogens with zero attached hydrogens (tertiary/aromatic N) is 2. The maximum atomic E-state index is 12.5. The Kier molecular flexibility index (Phi) is 5.32. The normalized spacial score (nSPS) is 15.4. The first kappa shape index (κ1) is 17.8. The standard InChI is InChI=1S/C12H17N3O4S.ClH/c1-8-4-11(15(16)17)12(5-9(8)2)20(18,19)14(3)10-6-13-7-10;/h4-5,10,13H,6-7H2,1-3H3;1H. The van der Waals surface area contributed by atoms with Crippen molar-refractivity contribution in [2.45, 2.75) is 24.8 Å². The third-order valence-corrected chi connectivity index (χ3v) is 5.64. The molecule has 2 rings (SSSR count). The van der Waals surface area contributed by atoms with Crippen LogP contribution in [0.3, 0.4) is 0 Å². The summed E-state index contributed by atoms with van der Waals surface area (Å²) in [4.78, 5) is 10.2. The first-order valence-corrected chi connectivity index (χ1v) is 7.63. The summed E-state index contributed by atoms with van der Waals surface area (Å²) in [6.45, 7) is 4.59. The molecule has 0 amide bonds. The average molecular weight is 336 g/mol. The first-order chi connectivity index (χ1) is 9.25. The zero-order valence-electron chi connectivity index (χ0n) is 12.0. The van der Waals surface area contributed by atoms with Gasteiger partial charge >= 0.3 is 0 Å². The predicted molar refractivity (Wildman–Crippen MR) is 81.4 cm³/mol. The number of benzene rings is 1. The van der Waals surface area contributed by atoms with E-state index in [2.05, 4.69) is 5.32 Å².